The van der Waals surface area contributed by atoms with E-state index in [1.54, 1.807) is 6.20 Å². The molecule has 0 bridgehead atoms. The average molecular weight is 284 g/mol. The molecule has 0 spiro atoms. The van der Waals surface area contributed by atoms with Crippen LogP contribution in [0, 0.1) is 10.8 Å². The molecule has 1 fully saturated rings. The first-order valence-electron chi connectivity index (χ1n) is 6.68. The molecule has 0 aromatic carbocycles. The summed E-state index contributed by atoms with van der Waals surface area (Å²) in [5.41, 5.74) is 0.235. The van der Waals surface area contributed by atoms with Gasteiger partial charge in [0.15, 0.2) is 0 Å². The number of hydrogen-bond donors (Lipinski definition) is 2. The summed E-state index contributed by atoms with van der Waals surface area (Å²) in [6, 6.07) is 0. The van der Waals surface area contributed by atoms with E-state index in [1.807, 2.05) is 0 Å². The Labute approximate surface area is 119 Å². The number of aromatic nitrogens is 2. The van der Waals surface area contributed by atoms with Crippen molar-refractivity contribution >= 4 is 17.4 Å². The molecule has 1 heterocycles. The Bertz CT molecular complexity index is 452. The second-order valence-corrected chi connectivity index (χ2v) is 7.18. The van der Waals surface area contributed by atoms with Crippen LogP contribution >= 0.6 is 11.6 Å². The maximum atomic E-state index is 10.0. The number of anilines is 1. The van der Waals surface area contributed by atoms with Crippen molar-refractivity contribution in [3.05, 3.63) is 17.5 Å². The normalized spacial score (nSPS) is 30.1. The third-order valence-corrected chi connectivity index (χ3v) is 3.91. The molecule has 106 valence electrons. The van der Waals surface area contributed by atoms with E-state index in [0.717, 1.165) is 25.8 Å². The molecular weight excluding hydrogens is 262 g/mol. The van der Waals surface area contributed by atoms with E-state index in [0.29, 0.717) is 11.0 Å². The monoisotopic (exact) mass is 283 g/mol. The molecule has 19 heavy (non-hydrogen) atoms. The number of aliphatic hydroxyl groups is 1. The highest BCUT2D eigenvalue weighted by Gasteiger charge is 2.40. The summed E-state index contributed by atoms with van der Waals surface area (Å²) in [6.07, 6.45) is 5.73. The second-order valence-electron chi connectivity index (χ2n) is 6.79. The van der Waals surface area contributed by atoms with Crippen LogP contribution in [0.2, 0.25) is 5.15 Å². The number of halogens is 1. The molecule has 1 saturated carbocycles. The Balaban J connectivity index is 2.01. The van der Waals surface area contributed by atoms with Crippen molar-refractivity contribution in [3.63, 3.8) is 0 Å². The zero-order chi connectivity index (χ0) is 14.1. The van der Waals surface area contributed by atoms with Crippen LogP contribution in [0.3, 0.4) is 0 Å². The van der Waals surface area contributed by atoms with Gasteiger partial charge in [-0.2, -0.15) is 0 Å². The Hall–Kier alpha value is -0.870. The zero-order valence-corrected chi connectivity index (χ0v) is 12.5. The summed E-state index contributed by atoms with van der Waals surface area (Å²) in [5, 5.41) is 13.7. The van der Waals surface area contributed by atoms with Crippen molar-refractivity contribution in [2.45, 2.75) is 46.1 Å². The highest BCUT2D eigenvalue weighted by Crippen LogP contribution is 2.45. The minimum atomic E-state index is -0.221. The average Bonchev–Trinajstić information content (AvgIpc) is 2.23. The zero-order valence-electron chi connectivity index (χ0n) is 11.8. The van der Waals surface area contributed by atoms with E-state index in [-0.39, 0.29) is 16.9 Å². The van der Waals surface area contributed by atoms with Gasteiger partial charge in [-0.15, -0.1) is 0 Å². The minimum absolute atomic E-state index is 0.0607. The van der Waals surface area contributed by atoms with Crippen molar-refractivity contribution in [1.29, 1.82) is 0 Å². The molecule has 1 aromatic rings. The van der Waals surface area contributed by atoms with Gasteiger partial charge in [0, 0.05) is 6.54 Å². The third kappa shape index (κ3) is 4.05. The largest absolute Gasteiger partial charge is 0.393 e. The molecule has 2 atom stereocenters. The first-order valence-corrected chi connectivity index (χ1v) is 7.05. The van der Waals surface area contributed by atoms with E-state index >= 15 is 0 Å². The Morgan fingerprint density at radius 3 is 2.74 bits per heavy atom. The van der Waals surface area contributed by atoms with Crippen LogP contribution < -0.4 is 5.32 Å². The summed E-state index contributed by atoms with van der Waals surface area (Å²) in [5.74, 6) is 0.687. The first kappa shape index (κ1) is 14.5. The molecule has 5 heteroatoms. The lowest BCUT2D eigenvalue weighted by Crippen LogP contribution is -2.42. The fraction of sp³-hybridized carbons (Fsp3) is 0.714. The van der Waals surface area contributed by atoms with Crippen molar-refractivity contribution in [2.75, 3.05) is 11.9 Å². The van der Waals surface area contributed by atoms with Crippen LogP contribution in [0.5, 0.6) is 0 Å². The topological polar surface area (TPSA) is 58.0 Å². The molecule has 0 radical (unpaired) electrons. The predicted molar refractivity (Wildman–Crippen MR) is 77.3 cm³/mol. The van der Waals surface area contributed by atoms with Gasteiger partial charge in [-0.25, -0.2) is 4.98 Å². The summed E-state index contributed by atoms with van der Waals surface area (Å²) < 4.78 is 0. The molecule has 1 aromatic heterocycles. The van der Waals surface area contributed by atoms with Crippen LogP contribution in [0.1, 0.15) is 40.0 Å². The standard InChI is InChI=1S/C14H22ClN3O/c1-13(2)4-10(19)5-14(3,8-13)9-17-12-7-16-6-11(15)18-12/h6-7,10,19H,4-5,8-9H2,1-3H3,(H,17,18). The van der Waals surface area contributed by atoms with Gasteiger partial charge in [0.1, 0.15) is 11.0 Å². The lowest BCUT2D eigenvalue weighted by atomic mass is 9.63. The highest BCUT2D eigenvalue weighted by atomic mass is 35.5. The van der Waals surface area contributed by atoms with Gasteiger partial charge in [-0.05, 0) is 30.1 Å². The van der Waals surface area contributed by atoms with Crippen molar-refractivity contribution in [3.8, 4) is 0 Å². The van der Waals surface area contributed by atoms with Crippen molar-refractivity contribution in [1.82, 2.24) is 9.97 Å². The van der Waals surface area contributed by atoms with Gasteiger partial charge in [-0.3, -0.25) is 4.98 Å². The fourth-order valence-electron chi connectivity index (χ4n) is 3.44. The summed E-state index contributed by atoms with van der Waals surface area (Å²) in [4.78, 5) is 8.18. The van der Waals surface area contributed by atoms with Crippen LogP contribution in [-0.2, 0) is 0 Å². The molecule has 0 amide bonds. The van der Waals surface area contributed by atoms with Gasteiger partial charge < -0.3 is 10.4 Å². The molecular formula is C14H22ClN3O. The minimum Gasteiger partial charge on any atom is -0.393 e. The fourth-order valence-corrected chi connectivity index (χ4v) is 3.59. The number of hydrogen-bond acceptors (Lipinski definition) is 4. The van der Waals surface area contributed by atoms with E-state index in [1.165, 1.54) is 6.20 Å². The molecule has 2 N–H and O–H groups in total. The van der Waals surface area contributed by atoms with Gasteiger partial charge in [0.05, 0.1) is 18.5 Å². The van der Waals surface area contributed by atoms with Crippen LogP contribution in [0.15, 0.2) is 12.4 Å². The first-order chi connectivity index (χ1) is 8.78. The third-order valence-electron chi connectivity index (χ3n) is 3.72. The smallest absolute Gasteiger partial charge is 0.149 e. The van der Waals surface area contributed by atoms with Gasteiger partial charge in [-0.1, -0.05) is 32.4 Å². The van der Waals surface area contributed by atoms with Gasteiger partial charge in [0.25, 0.3) is 0 Å². The van der Waals surface area contributed by atoms with Crippen molar-refractivity contribution in [2.24, 2.45) is 10.8 Å². The van der Waals surface area contributed by atoms with Gasteiger partial charge in [0.2, 0.25) is 0 Å². The number of nitrogens with one attached hydrogen (secondary N) is 1. The summed E-state index contributed by atoms with van der Waals surface area (Å²) in [7, 11) is 0. The number of aliphatic hydroxyl groups excluding tert-OH is 1. The van der Waals surface area contributed by atoms with Crippen LogP contribution in [0.25, 0.3) is 0 Å². The Kier molecular flexibility index (Phi) is 4.02. The second kappa shape index (κ2) is 5.25. The number of rotatable bonds is 3. The molecule has 2 rings (SSSR count). The SMILES string of the molecule is CC1(C)CC(O)CC(C)(CNc2cncc(Cl)n2)C1. The summed E-state index contributed by atoms with van der Waals surface area (Å²) >= 11 is 5.82. The van der Waals surface area contributed by atoms with E-state index in [9.17, 15) is 5.11 Å². The molecule has 4 nitrogen and oxygen atoms in total. The quantitative estimate of drug-likeness (QED) is 0.895. The number of nitrogens with zero attached hydrogens (tertiary/aromatic N) is 2. The van der Waals surface area contributed by atoms with Crippen LogP contribution in [-0.4, -0.2) is 27.7 Å². The van der Waals surface area contributed by atoms with Crippen LogP contribution in [0.4, 0.5) is 5.82 Å². The molecule has 0 aliphatic heterocycles. The molecule has 1 aliphatic carbocycles. The maximum Gasteiger partial charge on any atom is 0.149 e. The molecule has 1 aliphatic rings. The lowest BCUT2D eigenvalue weighted by Gasteiger charge is -2.45. The predicted octanol–water partition coefficient (Wildman–Crippen LogP) is 3.12. The van der Waals surface area contributed by atoms with Crippen molar-refractivity contribution < 1.29 is 5.11 Å². The highest BCUT2D eigenvalue weighted by molar-refractivity contribution is 6.29. The lowest BCUT2D eigenvalue weighted by molar-refractivity contribution is -0.00320. The van der Waals surface area contributed by atoms with E-state index < -0.39 is 0 Å². The van der Waals surface area contributed by atoms with E-state index in [4.69, 9.17) is 11.6 Å². The van der Waals surface area contributed by atoms with Gasteiger partial charge >= 0.3 is 0 Å². The molecule has 2 unspecified atom stereocenters. The van der Waals surface area contributed by atoms with E-state index in [2.05, 4.69) is 36.1 Å². The summed E-state index contributed by atoms with van der Waals surface area (Å²) in [6.45, 7) is 7.41. The Morgan fingerprint density at radius 1 is 1.37 bits per heavy atom. The molecule has 0 saturated heterocycles. The maximum absolute atomic E-state index is 10.0. The Morgan fingerprint density at radius 2 is 2.11 bits per heavy atom.